The van der Waals surface area contributed by atoms with Crippen LogP contribution in [0.5, 0.6) is 0 Å². The first-order chi connectivity index (χ1) is 15.3. The lowest BCUT2D eigenvalue weighted by molar-refractivity contribution is 0.0474. The summed E-state index contributed by atoms with van der Waals surface area (Å²) < 4.78 is 7.07. The number of imide groups is 1. The van der Waals surface area contributed by atoms with Gasteiger partial charge in [0.1, 0.15) is 0 Å². The van der Waals surface area contributed by atoms with Crippen LogP contribution in [0.25, 0.3) is 0 Å². The Morgan fingerprint density at radius 1 is 0.906 bits per heavy atom. The summed E-state index contributed by atoms with van der Waals surface area (Å²) in [6.45, 7) is 3.45. The maximum atomic E-state index is 12.8. The Hall–Kier alpha value is -4.00. The van der Waals surface area contributed by atoms with E-state index in [9.17, 15) is 19.2 Å². The first-order valence-electron chi connectivity index (χ1n) is 10.2. The van der Waals surface area contributed by atoms with Crippen LogP contribution >= 0.6 is 0 Å². The molecule has 1 aliphatic heterocycles. The highest BCUT2D eigenvalue weighted by molar-refractivity contribution is 6.21. The van der Waals surface area contributed by atoms with E-state index in [0.29, 0.717) is 5.56 Å². The van der Waals surface area contributed by atoms with Gasteiger partial charge in [-0.1, -0.05) is 30.3 Å². The molecule has 7 heteroatoms. The van der Waals surface area contributed by atoms with Crippen LogP contribution < -0.4 is 0 Å². The lowest BCUT2D eigenvalue weighted by atomic mass is 10.1. The van der Waals surface area contributed by atoms with Crippen LogP contribution in [0.15, 0.2) is 54.6 Å². The van der Waals surface area contributed by atoms with Crippen LogP contribution in [0.4, 0.5) is 0 Å². The van der Waals surface area contributed by atoms with E-state index >= 15 is 0 Å². The molecule has 32 heavy (non-hydrogen) atoms. The summed E-state index contributed by atoms with van der Waals surface area (Å²) in [5, 5.41) is 0. The third-order valence-electron chi connectivity index (χ3n) is 5.80. The first kappa shape index (κ1) is 21.2. The fourth-order valence-corrected chi connectivity index (χ4v) is 3.76. The van der Waals surface area contributed by atoms with Crippen molar-refractivity contribution < 1.29 is 23.9 Å². The molecule has 0 atom stereocenters. The lowest BCUT2D eigenvalue weighted by Crippen LogP contribution is -2.29. The summed E-state index contributed by atoms with van der Waals surface area (Å²) in [5.41, 5.74) is 3.56. The standard InChI is InChI=1S/C25H22N2O5/c1-15-11-20(16(2)26(15)3)22(28)14-32-25(31)18-9-10-19-21(12-18)24(30)27(23(19)29)13-17-7-5-4-6-8-17/h4-12H,13-14H2,1-3H3. The number of amides is 2. The van der Waals surface area contributed by atoms with Crippen molar-refractivity contribution in [3.05, 3.63) is 93.8 Å². The van der Waals surface area contributed by atoms with E-state index in [0.717, 1.165) is 21.9 Å². The van der Waals surface area contributed by atoms with Crippen LogP contribution in [0.1, 0.15) is 58.4 Å². The molecule has 162 valence electrons. The Labute approximate surface area is 185 Å². The minimum Gasteiger partial charge on any atom is -0.454 e. The van der Waals surface area contributed by atoms with Gasteiger partial charge in [0.05, 0.1) is 23.2 Å². The molecule has 0 fully saturated rings. The van der Waals surface area contributed by atoms with Crippen LogP contribution in [0, 0.1) is 13.8 Å². The highest BCUT2D eigenvalue weighted by Gasteiger charge is 2.36. The minimum absolute atomic E-state index is 0.111. The molecule has 0 saturated carbocycles. The Morgan fingerprint density at radius 3 is 2.25 bits per heavy atom. The number of carbonyl (C=O) groups excluding carboxylic acids is 4. The number of Topliss-reactive ketones (excluding diaryl/α,β-unsaturated/α-hetero) is 1. The maximum absolute atomic E-state index is 12.8. The van der Waals surface area contributed by atoms with E-state index < -0.39 is 24.4 Å². The normalized spacial score (nSPS) is 12.8. The molecule has 7 nitrogen and oxygen atoms in total. The fourth-order valence-electron chi connectivity index (χ4n) is 3.76. The second-order valence-corrected chi connectivity index (χ2v) is 7.79. The molecule has 2 aromatic carbocycles. The first-order valence-corrected chi connectivity index (χ1v) is 10.2. The van der Waals surface area contributed by atoms with Gasteiger partial charge in [0, 0.05) is 24.0 Å². The summed E-state index contributed by atoms with van der Waals surface area (Å²) >= 11 is 0. The molecule has 2 heterocycles. The van der Waals surface area contributed by atoms with Crippen molar-refractivity contribution in [3.63, 3.8) is 0 Å². The lowest BCUT2D eigenvalue weighted by Gasteiger charge is -2.13. The zero-order chi connectivity index (χ0) is 23.0. The summed E-state index contributed by atoms with van der Waals surface area (Å²) in [4.78, 5) is 51.6. The molecule has 0 N–H and O–H groups in total. The minimum atomic E-state index is -0.729. The second-order valence-electron chi connectivity index (χ2n) is 7.79. The number of carbonyl (C=O) groups is 4. The van der Waals surface area contributed by atoms with Crippen molar-refractivity contribution in [1.29, 1.82) is 0 Å². The number of benzene rings is 2. The molecule has 0 spiro atoms. The molecular weight excluding hydrogens is 408 g/mol. The van der Waals surface area contributed by atoms with Gasteiger partial charge in [0.25, 0.3) is 11.8 Å². The van der Waals surface area contributed by atoms with Gasteiger partial charge < -0.3 is 9.30 Å². The molecule has 0 radical (unpaired) electrons. The third kappa shape index (κ3) is 3.73. The van der Waals surface area contributed by atoms with Gasteiger partial charge in [0.15, 0.2) is 6.61 Å². The molecule has 3 aromatic rings. The van der Waals surface area contributed by atoms with Gasteiger partial charge in [-0.2, -0.15) is 0 Å². The van der Waals surface area contributed by atoms with Crippen molar-refractivity contribution in [2.75, 3.05) is 6.61 Å². The van der Waals surface area contributed by atoms with Gasteiger partial charge in [-0.05, 0) is 43.7 Å². The molecule has 4 rings (SSSR count). The Morgan fingerprint density at radius 2 is 1.59 bits per heavy atom. The SMILES string of the molecule is Cc1cc(C(=O)COC(=O)c2ccc3c(c2)C(=O)N(Cc2ccccc2)C3=O)c(C)n1C. The summed E-state index contributed by atoms with van der Waals surface area (Å²) in [7, 11) is 1.86. The summed E-state index contributed by atoms with van der Waals surface area (Å²) in [6, 6.07) is 15.2. The zero-order valence-electron chi connectivity index (χ0n) is 18.0. The van der Waals surface area contributed by atoms with E-state index in [4.69, 9.17) is 4.74 Å². The molecule has 0 saturated heterocycles. The second kappa shape index (κ2) is 8.26. The molecule has 0 unspecified atom stereocenters. The topological polar surface area (TPSA) is 85.7 Å². The average Bonchev–Trinajstić information content (AvgIpc) is 3.20. The average molecular weight is 430 g/mol. The van der Waals surface area contributed by atoms with Crippen LogP contribution in [-0.2, 0) is 18.3 Å². The Kier molecular flexibility index (Phi) is 5.48. The van der Waals surface area contributed by atoms with Crippen LogP contribution in [0.2, 0.25) is 0 Å². The van der Waals surface area contributed by atoms with Gasteiger partial charge in [0.2, 0.25) is 5.78 Å². The number of hydrogen-bond acceptors (Lipinski definition) is 5. The van der Waals surface area contributed by atoms with Crippen molar-refractivity contribution in [2.24, 2.45) is 7.05 Å². The number of ether oxygens (including phenoxy) is 1. The van der Waals surface area contributed by atoms with E-state index in [1.165, 1.54) is 18.2 Å². The Bertz CT molecular complexity index is 1260. The van der Waals surface area contributed by atoms with Crippen molar-refractivity contribution in [2.45, 2.75) is 20.4 Å². The summed E-state index contributed by atoms with van der Waals surface area (Å²) in [6.07, 6.45) is 0. The van der Waals surface area contributed by atoms with Gasteiger partial charge in [-0.25, -0.2) is 4.79 Å². The molecule has 0 aliphatic carbocycles. The van der Waals surface area contributed by atoms with Gasteiger partial charge >= 0.3 is 5.97 Å². The number of aryl methyl sites for hydroxylation is 1. The molecule has 0 bridgehead atoms. The van der Waals surface area contributed by atoms with Gasteiger partial charge in [-0.3, -0.25) is 19.3 Å². The summed E-state index contributed by atoms with van der Waals surface area (Å²) in [5.74, 6) is -1.90. The van der Waals surface area contributed by atoms with Gasteiger partial charge in [-0.15, -0.1) is 0 Å². The van der Waals surface area contributed by atoms with E-state index in [-0.39, 0.29) is 29.0 Å². The fraction of sp³-hybridized carbons (Fsp3) is 0.200. The quantitative estimate of drug-likeness (QED) is 0.340. The van der Waals surface area contributed by atoms with E-state index in [1.807, 2.05) is 55.8 Å². The predicted octanol–water partition coefficient (Wildman–Crippen LogP) is 3.48. The largest absolute Gasteiger partial charge is 0.454 e. The number of rotatable bonds is 6. The molecule has 2 amide bonds. The number of aromatic nitrogens is 1. The van der Waals surface area contributed by atoms with Crippen LogP contribution in [-0.4, -0.2) is 39.6 Å². The molecular formula is C25H22N2O5. The molecule has 1 aliphatic rings. The Balaban J connectivity index is 1.47. The number of ketones is 1. The highest BCUT2D eigenvalue weighted by atomic mass is 16.5. The van der Waals surface area contributed by atoms with Crippen molar-refractivity contribution in [1.82, 2.24) is 9.47 Å². The number of fused-ring (bicyclic) bond motifs is 1. The highest BCUT2D eigenvalue weighted by Crippen LogP contribution is 2.26. The third-order valence-corrected chi connectivity index (χ3v) is 5.80. The van der Waals surface area contributed by atoms with E-state index in [1.54, 1.807) is 6.07 Å². The monoisotopic (exact) mass is 430 g/mol. The predicted molar refractivity (Wildman–Crippen MR) is 117 cm³/mol. The molecule has 1 aromatic heterocycles. The van der Waals surface area contributed by atoms with Crippen LogP contribution in [0.3, 0.4) is 0 Å². The number of esters is 1. The zero-order valence-corrected chi connectivity index (χ0v) is 18.0. The van der Waals surface area contributed by atoms with E-state index in [2.05, 4.69) is 0 Å². The number of nitrogens with zero attached hydrogens (tertiary/aromatic N) is 2. The number of hydrogen-bond donors (Lipinski definition) is 0. The van der Waals surface area contributed by atoms with Crippen molar-refractivity contribution in [3.8, 4) is 0 Å². The van der Waals surface area contributed by atoms with Crippen molar-refractivity contribution >= 4 is 23.6 Å². The maximum Gasteiger partial charge on any atom is 0.338 e. The smallest absolute Gasteiger partial charge is 0.338 e.